The molecule has 35 heavy (non-hydrogen) atoms. The Balaban J connectivity index is 1.71. The van der Waals surface area contributed by atoms with Crippen LogP contribution in [0.5, 0.6) is 11.5 Å². The molecule has 4 rings (SSSR count). The smallest absolute Gasteiger partial charge is 0.231 e. The van der Waals surface area contributed by atoms with E-state index in [1.807, 2.05) is 49.4 Å². The number of aryl methyl sites for hydroxylation is 1. The molecular formula is C27H31N3O5. The van der Waals surface area contributed by atoms with Crippen LogP contribution in [0.1, 0.15) is 11.1 Å². The molecule has 1 amide bonds. The fraction of sp³-hybridized carbons (Fsp3) is 0.333. The Hall–Kier alpha value is -3.46. The van der Waals surface area contributed by atoms with Gasteiger partial charge >= 0.3 is 0 Å². The summed E-state index contributed by atoms with van der Waals surface area (Å²) in [6.45, 7) is 3.43. The molecule has 8 nitrogen and oxygen atoms in total. The average molecular weight is 478 g/mol. The lowest BCUT2D eigenvalue weighted by atomic mass is 9.99. The van der Waals surface area contributed by atoms with Crippen molar-refractivity contribution in [3.05, 3.63) is 71.1 Å². The van der Waals surface area contributed by atoms with Crippen molar-refractivity contribution in [3.8, 4) is 22.6 Å². The lowest BCUT2D eigenvalue weighted by Crippen LogP contribution is -2.52. The SMILES string of the molecule is COc1cc(CC(=O)N(C)c2cnc([N+]3([O-])CCOCC3)cc2-c2ccccc2C)cc(OC)c1. The molecule has 1 fully saturated rings. The average Bonchev–Trinajstić information content (AvgIpc) is 2.88. The fourth-order valence-corrected chi connectivity index (χ4v) is 4.28. The third kappa shape index (κ3) is 5.30. The third-order valence-corrected chi connectivity index (χ3v) is 6.42. The van der Waals surface area contributed by atoms with E-state index < -0.39 is 4.65 Å². The molecule has 0 N–H and O–H groups in total. The van der Waals surface area contributed by atoms with E-state index >= 15 is 0 Å². The number of carbonyl (C=O) groups excluding carboxylic acids is 1. The highest BCUT2D eigenvalue weighted by Gasteiger charge is 2.28. The lowest BCUT2D eigenvalue weighted by molar-refractivity contribution is -0.117. The van der Waals surface area contributed by atoms with Gasteiger partial charge in [0.25, 0.3) is 0 Å². The summed E-state index contributed by atoms with van der Waals surface area (Å²) in [5.41, 5.74) is 4.21. The minimum Gasteiger partial charge on any atom is -0.626 e. The maximum absolute atomic E-state index is 13.5. The van der Waals surface area contributed by atoms with Crippen molar-refractivity contribution < 1.29 is 19.0 Å². The number of benzene rings is 2. The van der Waals surface area contributed by atoms with Crippen LogP contribution in [-0.2, 0) is 16.0 Å². The topological polar surface area (TPSA) is 84.0 Å². The van der Waals surface area contributed by atoms with Gasteiger partial charge in [-0.25, -0.2) is 4.98 Å². The van der Waals surface area contributed by atoms with Crippen LogP contribution in [0.3, 0.4) is 0 Å². The van der Waals surface area contributed by atoms with Gasteiger partial charge in [0.05, 0.1) is 45.7 Å². The van der Waals surface area contributed by atoms with Gasteiger partial charge in [-0.15, -0.1) is 0 Å². The second kappa shape index (κ2) is 10.4. The van der Waals surface area contributed by atoms with Crippen LogP contribution in [0.4, 0.5) is 11.5 Å². The number of methoxy groups -OCH3 is 2. The summed E-state index contributed by atoms with van der Waals surface area (Å²) in [4.78, 5) is 19.5. The number of morpholine rings is 1. The zero-order chi connectivity index (χ0) is 25.0. The van der Waals surface area contributed by atoms with E-state index in [2.05, 4.69) is 4.98 Å². The lowest BCUT2D eigenvalue weighted by Gasteiger charge is -2.43. The van der Waals surface area contributed by atoms with Crippen LogP contribution in [0.15, 0.2) is 54.7 Å². The van der Waals surface area contributed by atoms with Crippen molar-refractivity contribution >= 4 is 17.4 Å². The Bertz CT molecular complexity index is 1180. The van der Waals surface area contributed by atoms with Crippen LogP contribution in [0.25, 0.3) is 11.1 Å². The molecule has 8 heteroatoms. The number of ether oxygens (including phenoxy) is 3. The highest BCUT2D eigenvalue weighted by Crippen LogP contribution is 2.36. The molecule has 184 valence electrons. The van der Waals surface area contributed by atoms with Crippen LogP contribution < -0.4 is 19.0 Å². The summed E-state index contributed by atoms with van der Waals surface area (Å²) in [5.74, 6) is 1.54. The molecule has 0 spiro atoms. The highest BCUT2D eigenvalue weighted by molar-refractivity contribution is 5.98. The number of hydrogen-bond acceptors (Lipinski definition) is 6. The minimum absolute atomic E-state index is 0.123. The Morgan fingerprint density at radius 3 is 2.34 bits per heavy atom. The number of amides is 1. The van der Waals surface area contributed by atoms with Gasteiger partial charge in [0.15, 0.2) is 0 Å². The van der Waals surface area contributed by atoms with E-state index in [1.54, 1.807) is 38.4 Å². The second-order valence-electron chi connectivity index (χ2n) is 8.67. The molecule has 0 radical (unpaired) electrons. The molecule has 1 aromatic heterocycles. The number of anilines is 1. The van der Waals surface area contributed by atoms with Crippen LogP contribution in [0, 0.1) is 12.1 Å². The number of aromatic nitrogens is 1. The Kier molecular flexibility index (Phi) is 7.35. The van der Waals surface area contributed by atoms with Crippen molar-refractivity contribution in [3.63, 3.8) is 0 Å². The molecule has 0 aliphatic carbocycles. The summed E-state index contributed by atoms with van der Waals surface area (Å²) >= 11 is 0. The number of carbonyl (C=O) groups is 1. The normalized spacial score (nSPS) is 14.9. The van der Waals surface area contributed by atoms with Gasteiger partial charge in [-0.2, -0.15) is 0 Å². The summed E-state index contributed by atoms with van der Waals surface area (Å²) in [6, 6.07) is 15.2. The van der Waals surface area contributed by atoms with Crippen molar-refractivity contribution in [2.75, 3.05) is 52.5 Å². The number of hydroxylamine groups is 2. The van der Waals surface area contributed by atoms with Crippen molar-refractivity contribution in [1.29, 1.82) is 0 Å². The molecule has 3 aromatic rings. The van der Waals surface area contributed by atoms with E-state index in [0.29, 0.717) is 49.3 Å². The molecule has 0 saturated carbocycles. The Morgan fingerprint density at radius 2 is 1.71 bits per heavy atom. The highest BCUT2D eigenvalue weighted by atomic mass is 16.6. The maximum atomic E-state index is 13.5. The summed E-state index contributed by atoms with van der Waals surface area (Å²) in [5, 5.41) is 13.5. The van der Waals surface area contributed by atoms with Crippen LogP contribution in [-0.4, -0.2) is 58.5 Å². The first-order chi connectivity index (χ1) is 16.8. The van der Waals surface area contributed by atoms with E-state index in [0.717, 1.165) is 22.3 Å². The van der Waals surface area contributed by atoms with Crippen molar-refractivity contribution in [2.24, 2.45) is 0 Å². The first-order valence-corrected chi connectivity index (χ1v) is 11.6. The predicted molar refractivity (Wildman–Crippen MR) is 137 cm³/mol. The number of rotatable bonds is 7. The standard InChI is InChI=1S/C27H31N3O5/c1-19-7-5-6-8-23(19)24-17-26(30(32)9-11-35-12-10-30)28-18-25(24)29(2)27(31)15-20-13-21(33-3)16-22(14-20)34-4/h5-8,13-14,16-18H,9-12,15H2,1-4H3. The third-order valence-electron chi connectivity index (χ3n) is 6.42. The largest absolute Gasteiger partial charge is 0.626 e. The summed E-state index contributed by atoms with van der Waals surface area (Å²) in [7, 11) is 4.89. The van der Waals surface area contributed by atoms with Gasteiger partial charge in [0.2, 0.25) is 11.7 Å². The van der Waals surface area contributed by atoms with Crippen molar-refractivity contribution in [2.45, 2.75) is 13.3 Å². The molecule has 1 aliphatic rings. The second-order valence-corrected chi connectivity index (χ2v) is 8.67. The first kappa shape index (κ1) is 24.7. The molecule has 0 atom stereocenters. The number of quaternary nitrogens is 1. The molecule has 2 heterocycles. The quantitative estimate of drug-likeness (QED) is 0.376. The molecule has 1 aliphatic heterocycles. The van der Waals surface area contributed by atoms with Gasteiger partial charge < -0.3 is 29.0 Å². The van der Waals surface area contributed by atoms with Gasteiger partial charge in [0.1, 0.15) is 24.6 Å². The predicted octanol–water partition coefficient (Wildman–Crippen LogP) is 4.12. The van der Waals surface area contributed by atoms with E-state index in [4.69, 9.17) is 14.2 Å². The van der Waals surface area contributed by atoms with E-state index in [9.17, 15) is 10.0 Å². The molecule has 1 saturated heterocycles. The van der Waals surface area contributed by atoms with Crippen molar-refractivity contribution in [1.82, 2.24) is 9.63 Å². The maximum Gasteiger partial charge on any atom is 0.231 e. The van der Waals surface area contributed by atoms with Gasteiger partial charge in [-0.05, 0) is 35.7 Å². The number of pyridine rings is 1. The zero-order valence-electron chi connectivity index (χ0n) is 20.6. The number of likely N-dealkylation sites (N-methyl/N-ethyl adjacent to an activating group) is 1. The fourth-order valence-electron chi connectivity index (χ4n) is 4.28. The number of hydrogen-bond donors (Lipinski definition) is 0. The first-order valence-electron chi connectivity index (χ1n) is 11.6. The monoisotopic (exact) mass is 477 g/mol. The zero-order valence-corrected chi connectivity index (χ0v) is 20.6. The number of nitrogens with zero attached hydrogens (tertiary/aromatic N) is 3. The van der Waals surface area contributed by atoms with Crippen LogP contribution in [0.2, 0.25) is 0 Å². The van der Waals surface area contributed by atoms with E-state index in [1.165, 1.54) is 0 Å². The summed E-state index contributed by atoms with van der Waals surface area (Å²) in [6.07, 6.45) is 1.78. The molecular weight excluding hydrogens is 446 g/mol. The van der Waals surface area contributed by atoms with E-state index in [-0.39, 0.29) is 12.3 Å². The van der Waals surface area contributed by atoms with Crippen LogP contribution >= 0.6 is 0 Å². The Labute approximate surface area is 205 Å². The van der Waals surface area contributed by atoms with Gasteiger partial charge in [0, 0.05) is 24.7 Å². The summed E-state index contributed by atoms with van der Waals surface area (Å²) < 4.78 is 15.5. The van der Waals surface area contributed by atoms with Gasteiger partial charge in [-0.3, -0.25) is 4.79 Å². The minimum atomic E-state index is -0.541. The molecule has 0 bridgehead atoms. The van der Waals surface area contributed by atoms with Gasteiger partial charge in [-0.1, -0.05) is 24.3 Å². The molecule has 2 aromatic carbocycles. The molecule has 0 unspecified atom stereocenters. The Morgan fingerprint density at radius 1 is 1.06 bits per heavy atom.